The van der Waals surface area contributed by atoms with Crippen molar-refractivity contribution in [2.45, 2.75) is 64.9 Å². The van der Waals surface area contributed by atoms with Crippen molar-refractivity contribution in [1.29, 1.82) is 0 Å². The van der Waals surface area contributed by atoms with Crippen molar-refractivity contribution in [2.75, 3.05) is 0 Å². The zero-order valence-corrected chi connectivity index (χ0v) is 17.2. The lowest BCUT2D eigenvalue weighted by molar-refractivity contribution is 0.216. The highest BCUT2D eigenvalue weighted by molar-refractivity contribution is 7.48. The van der Waals surface area contributed by atoms with Crippen LogP contribution in [-0.2, 0) is 19.9 Å². The Bertz CT molecular complexity index is 765. The first-order valence-electron chi connectivity index (χ1n) is 8.71. The molecule has 0 aromatic heterocycles. The van der Waals surface area contributed by atoms with Crippen LogP contribution in [0, 0.1) is 0 Å². The summed E-state index contributed by atoms with van der Waals surface area (Å²) in [7, 11) is -4.36. The lowest BCUT2D eigenvalue weighted by Crippen LogP contribution is -2.17. The predicted molar refractivity (Wildman–Crippen MR) is 103 cm³/mol. The summed E-state index contributed by atoms with van der Waals surface area (Å²) >= 11 is 0. The highest BCUT2D eigenvalue weighted by Crippen LogP contribution is 2.49. The fourth-order valence-electron chi connectivity index (χ4n) is 2.60. The van der Waals surface area contributed by atoms with Gasteiger partial charge in [0.1, 0.15) is 11.5 Å². The Morgan fingerprint density at radius 1 is 1.08 bits per heavy atom. The minimum Gasteiger partial charge on any atom is -0.396 e. The maximum absolute atomic E-state index is 12.5. The lowest BCUT2D eigenvalue weighted by Gasteiger charge is -2.27. The lowest BCUT2D eigenvalue weighted by atomic mass is 9.80. The summed E-state index contributed by atoms with van der Waals surface area (Å²) in [4.78, 5) is 10.2. The van der Waals surface area contributed by atoms with Crippen molar-refractivity contribution in [3.63, 3.8) is 0 Å². The molecule has 1 aromatic carbocycles. The molecule has 0 bridgehead atoms. The first-order chi connectivity index (χ1) is 11.8. The molecule has 6 heteroatoms. The normalized spacial score (nSPS) is 20.3. The zero-order valence-electron chi connectivity index (χ0n) is 16.3. The SMILES string of the molecule is CC(C)(C)c1ccc(OP(=O)(O)OC2=CCC(O)C=C2)c(C(C)(C)C)c1. The van der Waals surface area contributed by atoms with Crippen molar-refractivity contribution in [1.82, 2.24) is 0 Å². The van der Waals surface area contributed by atoms with Crippen molar-refractivity contribution in [3.8, 4) is 5.75 Å². The molecule has 2 N–H and O–H groups in total. The highest BCUT2D eigenvalue weighted by Gasteiger charge is 2.30. The molecule has 1 aromatic rings. The van der Waals surface area contributed by atoms with Gasteiger partial charge in [0.15, 0.2) is 0 Å². The number of aliphatic hydroxyl groups is 1. The van der Waals surface area contributed by atoms with Gasteiger partial charge in [-0.15, -0.1) is 0 Å². The summed E-state index contributed by atoms with van der Waals surface area (Å²) < 4.78 is 23.0. The van der Waals surface area contributed by atoms with Gasteiger partial charge in [-0.25, -0.2) is 4.57 Å². The average Bonchev–Trinajstić information content (AvgIpc) is 2.47. The van der Waals surface area contributed by atoms with E-state index in [0.717, 1.165) is 11.1 Å². The quantitative estimate of drug-likeness (QED) is 0.721. The molecule has 5 nitrogen and oxygen atoms in total. The molecule has 26 heavy (non-hydrogen) atoms. The van der Waals surface area contributed by atoms with Crippen LogP contribution in [0.15, 0.2) is 42.2 Å². The van der Waals surface area contributed by atoms with Crippen LogP contribution >= 0.6 is 7.82 Å². The molecule has 0 fully saturated rings. The van der Waals surface area contributed by atoms with E-state index >= 15 is 0 Å². The average molecular weight is 380 g/mol. The number of allylic oxidation sites excluding steroid dienone is 1. The third-order valence-corrected chi connectivity index (χ3v) is 5.00. The van der Waals surface area contributed by atoms with E-state index in [4.69, 9.17) is 9.05 Å². The third-order valence-electron chi connectivity index (χ3n) is 4.13. The van der Waals surface area contributed by atoms with E-state index in [1.165, 1.54) is 12.2 Å². The number of hydrogen-bond donors (Lipinski definition) is 2. The number of aliphatic hydroxyl groups excluding tert-OH is 1. The van der Waals surface area contributed by atoms with E-state index in [2.05, 4.69) is 20.8 Å². The molecule has 2 rings (SSSR count). The third kappa shape index (κ3) is 5.47. The van der Waals surface area contributed by atoms with Crippen molar-refractivity contribution >= 4 is 7.82 Å². The zero-order chi connectivity index (χ0) is 19.8. The molecule has 0 amide bonds. The van der Waals surface area contributed by atoms with E-state index in [0.29, 0.717) is 12.2 Å². The molecule has 0 aliphatic heterocycles. The van der Waals surface area contributed by atoms with Gasteiger partial charge >= 0.3 is 7.82 Å². The summed E-state index contributed by atoms with van der Waals surface area (Å²) in [5.74, 6) is 0.543. The second kappa shape index (κ2) is 7.22. The number of phosphoric acid groups is 1. The van der Waals surface area contributed by atoms with Gasteiger partial charge in [0.2, 0.25) is 0 Å². The Balaban J connectivity index is 2.30. The molecule has 1 aliphatic rings. The number of benzene rings is 1. The Hall–Kier alpha value is -1.55. The number of hydrogen-bond acceptors (Lipinski definition) is 4. The van der Waals surface area contributed by atoms with E-state index in [-0.39, 0.29) is 16.6 Å². The summed E-state index contributed by atoms with van der Waals surface area (Å²) in [6.07, 6.45) is 4.27. The van der Waals surface area contributed by atoms with Crippen LogP contribution in [0.1, 0.15) is 59.1 Å². The molecule has 1 aliphatic carbocycles. The van der Waals surface area contributed by atoms with E-state index in [1.54, 1.807) is 12.1 Å². The van der Waals surface area contributed by atoms with Crippen molar-refractivity contribution < 1.29 is 23.6 Å². The fraction of sp³-hybridized carbons (Fsp3) is 0.500. The minimum atomic E-state index is -4.36. The Labute approximate surface area is 156 Å². The smallest absolute Gasteiger partial charge is 0.396 e. The maximum Gasteiger partial charge on any atom is 0.584 e. The first-order valence-corrected chi connectivity index (χ1v) is 10.2. The standard InChI is InChI=1S/C20H29O5P/c1-19(2,3)14-7-12-18(17(13-14)20(4,5)6)25-26(22,23)24-16-10-8-15(21)9-11-16/h7-8,10-13,15,21H,9H2,1-6H3,(H,22,23). The van der Waals surface area contributed by atoms with Gasteiger partial charge in [0.25, 0.3) is 0 Å². The van der Waals surface area contributed by atoms with Gasteiger partial charge < -0.3 is 14.2 Å². The summed E-state index contributed by atoms with van der Waals surface area (Å²) in [5, 5.41) is 9.43. The second-order valence-corrected chi connectivity index (χ2v) is 9.93. The van der Waals surface area contributed by atoms with Crippen molar-refractivity contribution in [2.24, 2.45) is 0 Å². The topological polar surface area (TPSA) is 76.0 Å². The van der Waals surface area contributed by atoms with Gasteiger partial charge in [0, 0.05) is 5.56 Å². The van der Waals surface area contributed by atoms with E-state index in [9.17, 15) is 14.6 Å². The Kier molecular flexibility index (Phi) is 5.77. The molecule has 2 atom stereocenters. The molecular weight excluding hydrogens is 351 g/mol. The molecule has 0 saturated carbocycles. The second-order valence-electron chi connectivity index (χ2n) is 8.63. The molecule has 0 radical (unpaired) electrons. The Morgan fingerprint density at radius 3 is 2.23 bits per heavy atom. The van der Waals surface area contributed by atoms with Gasteiger partial charge in [-0.2, -0.15) is 0 Å². The largest absolute Gasteiger partial charge is 0.584 e. The van der Waals surface area contributed by atoms with Crippen LogP contribution in [0.5, 0.6) is 5.75 Å². The highest BCUT2D eigenvalue weighted by atomic mass is 31.2. The Morgan fingerprint density at radius 2 is 1.73 bits per heavy atom. The first kappa shape index (κ1) is 20.8. The van der Waals surface area contributed by atoms with Crippen LogP contribution in [0.3, 0.4) is 0 Å². The van der Waals surface area contributed by atoms with Crippen LogP contribution in [0.25, 0.3) is 0 Å². The molecule has 0 spiro atoms. The van der Waals surface area contributed by atoms with Crippen LogP contribution in [-0.4, -0.2) is 16.1 Å². The van der Waals surface area contributed by atoms with E-state index < -0.39 is 13.9 Å². The summed E-state index contributed by atoms with van der Waals surface area (Å²) in [5.41, 5.74) is 1.64. The van der Waals surface area contributed by atoms with Gasteiger partial charge in [-0.3, -0.25) is 4.89 Å². The fourth-order valence-corrected chi connectivity index (χ4v) is 3.44. The molecule has 2 unspecified atom stereocenters. The molecule has 144 valence electrons. The molecule has 0 saturated heterocycles. The van der Waals surface area contributed by atoms with Crippen molar-refractivity contribution in [3.05, 3.63) is 53.3 Å². The molecular formula is C20H29O5P. The van der Waals surface area contributed by atoms with Crippen LogP contribution < -0.4 is 4.52 Å². The maximum atomic E-state index is 12.5. The van der Waals surface area contributed by atoms with Crippen LogP contribution in [0.2, 0.25) is 0 Å². The van der Waals surface area contributed by atoms with Gasteiger partial charge in [-0.1, -0.05) is 59.8 Å². The summed E-state index contributed by atoms with van der Waals surface area (Å²) in [6, 6.07) is 5.65. The van der Waals surface area contributed by atoms with Crippen LogP contribution in [0.4, 0.5) is 0 Å². The molecule has 0 heterocycles. The van der Waals surface area contributed by atoms with E-state index in [1.807, 2.05) is 32.9 Å². The number of rotatable bonds is 4. The predicted octanol–water partition coefficient (Wildman–Crippen LogP) is 4.98. The number of phosphoric ester groups is 1. The van der Waals surface area contributed by atoms with Gasteiger partial charge in [-0.05, 0) is 41.0 Å². The van der Waals surface area contributed by atoms with Gasteiger partial charge in [0.05, 0.1) is 6.10 Å². The minimum absolute atomic E-state index is 0.0452. The monoisotopic (exact) mass is 380 g/mol. The summed E-state index contributed by atoms with van der Waals surface area (Å²) in [6.45, 7) is 12.4.